The SMILES string of the molecule is N#CC1CN(C(=O)C2CCN(C(=O)c3oc4c(C(F)(F)F)cc(C5CC5CC5CN(C(=O)C6CCN(C(=O)c7oc8c(C(F)(F)F)cc(C9CC9)cc8c7Cl)CC6)C5)cc4c3Cl)CC2)C1. The number of nitriles is 1. The second kappa shape index (κ2) is 16.1. The predicted octanol–water partition coefficient (Wildman–Crippen LogP) is 9.74. The Morgan fingerprint density at radius 3 is 1.54 bits per heavy atom. The number of hydrogen-bond acceptors (Lipinski definition) is 7. The Bertz CT molecular complexity index is 2660. The maximum Gasteiger partial charge on any atom is 0.420 e. The van der Waals surface area contributed by atoms with Crippen LogP contribution in [0.15, 0.2) is 33.1 Å². The molecule has 0 spiro atoms. The fraction of sp³-hybridized carbons (Fsp3) is 0.543. The fourth-order valence-corrected chi connectivity index (χ4v) is 10.9. The van der Waals surface area contributed by atoms with Crippen molar-refractivity contribution >= 4 is 68.8 Å². The van der Waals surface area contributed by atoms with Gasteiger partial charge in [-0.2, -0.15) is 31.6 Å². The molecular weight excluding hydrogens is 903 g/mol. The van der Waals surface area contributed by atoms with Crippen molar-refractivity contribution in [2.45, 2.75) is 75.6 Å². The number of halogens is 8. The van der Waals surface area contributed by atoms with Crippen LogP contribution in [0.1, 0.15) is 107 Å². The van der Waals surface area contributed by atoms with E-state index < -0.39 is 46.5 Å². The average molecular weight is 947 g/mol. The number of carbonyl (C=O) groups is 4. The molecule has 0 bridgehead atoms. The number of alkyl halides is 6. The van der Waals surface area contributed by atoms with Crippen molar-refractivity contribution in [1.29, 1.82) is 5.26 Å². The van der Waals surface area contributed by atoms with Crippen molar-refractivity contribution in [3.63, 3.8) is 0 Å². The van der Waals surface area contributed by atoms with Crippen molar-refractivity contribution in [3.05, 3.63) is 68.1 Å². The van der Waals surface area contributed by atoms with Crippen LogP contribution in [-0.4, -0.2) is 95.6 Å². The summed E-state index contributed by atoms with van der Waals surface area (Å²) < 4.78 is 96.7. The lowest BCUT2D eigenvalue weighted by molar-refractivity contribution is -0.144. The molecule has 4 saturated heterocycles. The van der Waals surface area contributed by atoms with E-state index in [0.717, 1.165) is 25.0 Å². The van der Waals surface area contributed by atoms with Gasteiger partial charge in [0, 0.05) is 75.0 Å². The van der Waals surface area contributed by atoms with Gasteiger partial charge in [0.05, 0.1) is 33.2 Å². The number of nitrogens with zero attached hydrogens (tertiary/aromatic N) is 5. The first kappa shape index (κ1) is 43.9. The molecule has 11 nitrogen and oxygen atoms in total. The zero-order valence-corrected chi connectivity index (χ0v) is 36.4. The number of fused-ring (bicyclic) bond motifs is 2. The summed E-state index contributed by atoms with van der Waals surface area (Å²) in [6.07, 6.45) is -5.14. The van der Waals surface area contributed by atoms with E-state index >= 15 is 0 Å². The standard InChI is InChI=1S/C46H43Cl2F6N5O6/c47-35-31-12-27(24-1-2-24)15-33(45(49,50)51)37(31)64-39(35)43(62)56-7-3-25(4-8-56)41(60)58-18-22(19-58)11-28-13-30(28)29-14-32-36(48)40(65-38(32)34(16-29)46(52,53)54)44(63)57-9-5-26(6-10-57)42(61)59-20-23(17-55)21-59/h12,14-16,22-26,28,30H,1-11,13,18-21H2. The molecule has 2 saturated carbocycles. The van der Waals surface area contributed by atoms with Crippen LogP contribution in [0.3, 0.4) is 0 Å². The largest absolute Gasteiger partial charge is 0.449 e. The first-order valence-corrected chi connectivity index (χ1v) is 22.9. The van der Waals surface area contributed by atoms with Gasteiger partial charge >= 0.3 is 12.4 Å². The quantitative estimate of drug-likeness (QED) is 0.161. The lowest BCUT2D eigenvalue weighted by atomic mass is 9.88. The van der Waals surface area contributed by atoms with Gasteiger partial charge in [-0.1, -0.05) is 23.2 Å². The summed E-state index contributed by atoms with van der Waals surface area (Å²) in [5.74, 6) is -2.89. The lowest BCUT2D eigenvalue weighted by Gasteiger charge is -2.42. The minimum Gasteiger partial charge on any atom is -0.449 e. The van der Waals surface area contributed by atoms with Crippen LogP contribution < -0.4 is 0 Å². The van der Waals surface area contributed by atoms with E-state index in [1.807, 2.05) is 0 Å². The minimum atomic E-state index is -4.79. The van der Waals surface area contributed by atoms with Crippen LogP contribution in [0.4, 0.5) is 26.3 Å². The molecule has 6 fully saturated rings. The molecule has 2 aliphatic carbocycles. The summed E-state index contributed by atoms with van der Waals surface area (Å²) in [4.78, 5) is 59.7. The Kier molecular flexibility index (Phi) is 10.9. The van der Waals surface area contributed by atoms with Crippen LogP contribution in [0, 0.1) is 40.9 Å². The molecule has 10 rings (SSSR count). The molecule has 344 valence electrons. The highest BCUT2D eigenvalue weighted by Crippen LogP contribution is 2.54. The third-order valence-electron chi connectivity index (χ3n) is 14.4. The van der Waals surface area contributed by atoms with Crippen LogP contribution >= 0.6 is 23.2 Å². The maximum absolute atomic E-state index is 14.5. The van der Waals surface area contributed by atoms with Gasteiger partial charge in [-0.25, -0.2) is 0 Å². The van der Waals surface area contributed by atoms with Gasteiger partial charge in [-0.3, -0.25) is 19.2 Å². The molecular formula is C46H43Cl2F6N5O6. The Labute approximate surface area is 378 Å². The number of amides is 4. The van der Waals surface area contributed by atoms with E-state index in [1.165, 1.54) is 9.80 Å². The number of benzene rings is 2. The smallest absolute Gasteiger partial charge is 0.420 e. The highest BCUT2D eigenvalue weighted by molar-refractivity contribution is 6.39. The van der Waals surface area contributed by atoms with Crippen molar-refractivity contribution in [2.75, 3.05) is 52.4 Å². The normalized spacial score (nSPS) is 22.6. The van der Waals surface area contributed by atoms with E-state index in [-0.39, 0.29) is 112 Å². The summed E-state index contributed by atoms with van der Waals surface area (Å²) in [6.45, 7) is 2.55. The van der Waals surface area contributed by atoms with Crippen LogP contribution in [0.25, 0.3) is 21.9 Å². The van der Waals surface area contributed by atoms with E-state index in [4.69, 9.17) is 37.3 Å². The van der Waals surface area contributed by atoms with Gasteiger partial charge in [0.25, 0.3) is 11.8 Å². The number of likely N-dealkylation sites (tertiary alicyclic amines) is 4. The maximum atomic E-state index is 14.5. The van der Waals surface area contributed by atoms with Gasteiger partial charge in [0.2, 0.25) is 23.3 Å². The van der Waals surface area contributed by atoms with Crippen molar-refractivity contribution < 1.29 is 54.4 Å². The number of hydrogen-bond donors (Lipinski definition) is 0. The van der Waals surface area contributed by atoms with Crippen molar-refractivity contribution in [3.8, 4) is 6.07 Å². The molecule has 4 aliphatic heterocycles. The Morgan fingerprint density at radius 1 is 0.646 bits per heavy atom. The minimum absolute atomic E-state index is 0.00675. The molecule has 2 atom stereocenters. The summed E-state index contributed by atoms with van der Waals surface area (Å²) >= 11 is 13.1. The molecule has 2 aromatic heterocycles. The lowest BCUT2D eigenvalue weighted by Crippen LogP contribution is -2.53. The highest BCUT2D eigenvalue weighted by atomic mass is 35.5. The molecule has 2 aromatic carbocycles. The number of piperidine rings is 2. The monoisotopic (exact) mass is 945 g/mol. The molecule has 65 heavy (non-hydrogen) atoms. The Hall–Kier alpha value is -4.95. The van der Waals surface area contributed by atoms with E-state index in [2.05, 4.69) is 6.07 Å². The number of rotatable bonds is 8. The summed E-state index contributed by atoms with van der Waals surface area (Å²) in [6, 6.07) is 7.43. The third-order valence-corrected chi connectivity index (χ3v) is 15.2. The van der Waals surface area contributed by atoms with E-state index in [0.29, 0.717) is 75.8 Å². The predicted molar refractivity (Wildman–Crippen MR) is 223 cm³/mol. The fourth-order valence-electron chi connectivity index (χ4n) is 10.4. The zero-order valence-electron chi connectivity index (χ0n) is 34.9. The summed E-state index contributed by atoms with van der Waals surface area (Å²) in [5, 5.41) is 8.73. The molecule has 0 radical (unpaired) electrons. The van der Waals surface area contributed by atoms with Gasteiger partial charge in [-0.15, -0.1) is 0 Å². The number of furan rings is 2. The van der Waals surface area contributed by atoms with Crippen LogP contribution in [0.5, 0.6) is 0 Å². The van der Waals surface area contributed by atoms with E-state index in [9.17, 15) is 45.5 Å². The van der Waals surface area contributed by atoms with Crippen LogP contribution in [0.2, 0.25) is 10.0 Å². The second-order valence-electron chi connectivity index (χ2n) is 18.8. The molecule has 6 heterocycles. The Balaban J connectivity index is 0.730. The molecule has 6 aliphatic rings. The zero-order chi connectivity index (χ0) is 45.9. The van der Waals surface area contributed by atoms with E-state index in [1.54, 1.807) is 21.9 Å². The summed E-state index contributed by atoms with van der Waals surface area (Å²) in [7, 11) is 0. The van der Waals surface area contributed by atoms with Crippen molar-refractivity contribution in [1.82, 2.24) is 19.6 Å². The second-order valence-corrected chi connectivity index (χ2v) is 19.6. The van der Waals surface area contributed by atoms with Gasteiger partial charge in [0.1, 0.15) is 11.2 Å². The molecule has 2 unspecified atom stereocenters. The third kappa shape index (κ3) is 8.10. The first-order valence-electron chi connectivity index (χ1n) is 22.1. The molecule has 4 amide bonds. The van der Waals surface area contributed by atoms with Gasteiger partial charge in [0.15, 0.2) is 0 Å². The van der Waals surface area contributed by atoms with Crippen LogP contribution in [-0.2, 0) is 21.9 Å². The van der Waals surface area contributed by atoms with Gasteiger partial charge in [-0.05, 0) is 110 Å². The highest BCUT2D eigenvalue weighted by Gasteiger charge is 2.47. The van der Waals surface area contributed by atoms with Crippen molar-refractivity contribution in [2.24, 2.45) is 29.6 Å². The number of carbonyl (C=O) groups excluding carboxylic acids is 4. The average Bonchev–Trinajstić information content (AvgIpc) is 4.18. The molecule has 0 N–H and O–H groups in total. The molecule has 19 heteroatoms. The topological polar surface area (TPSA) is 131 Å². The first-order chi connectivity index (χ1) is 30.9. The Morgan fingerprint density at radius 2 is 1.09 bits per heavy atom. The summed E-state index contributed by atoms with van der Waals surface area (Å²) in [5.41, 5.74) is -2.00. The molecule has 4 aromatic rings. The van der Waals surface area contributed by atoms with Gasteiger partial charge < -0.3 is 28.4 Å².